The van der Waals surface area contributed by atoms with Gasteiger partial charge in [-0.1, -0.05) is 30.3 Å². The maximum Gasteiger partial charge on any atom is 0.322 e. The first-order valence-corrected chi connectivity index (χ1v) is 4.95. The largest absolute Gasteiger partial charge is 0.322 e. The monoisotopic (exact) mass is 202 g/mol. The Morgan fingerprint density at radius 1 is 1.27 bits per heavy atom. The molecule has 15 heavy (non-hydrogen) atoms. The third kappa shape index (κ3) is 1.86. The minimum atomic E-state index is -0.0520. The maximum absolute atomic E-state index is 11.6. The maximum atomic E-state index is 11.6. The highest BCUT2D eigenvalue weighted by molar-refractivity contribution is 5.78. The molecule has 1 aromatic rings. The average Bonchev–Trinajstić information content (AvgIpc) is 2.24. The van der Waals surface area contributed by atoms with Crippen molar-refractivity contribution in [2.24, 2.45) is 0 Å². The fraction of sp³-hybridized carbons (Fsp3) is 0.250. The molecule has 3 heteroatoms. The normalized spacial score (nSPS) is 20.9. The van der Waals surface area contributed by atoms with Crippen molar-refractivity contribution in [2.45, 2.75) is 13.0 Å². The second-order valence-corrected chi connectivity index (χ2v) is 3.75. The van der Waals surface area contributed by atoms with Gasteiger partial charge in [-0.25, -0.2) is 4.79 Å². The molecule has 2 amide bonds. The van der Waals surface area contributed by atoms with E-state index in [1.165, 1.54) is 0 Å². The van der Waals surface area contributed by atoms with Gasteiger partial charge >= 0.3 is 6.03 Å². The van der Waals surface area contributed by atoms with Crippen molar-refractivity contribution in [1.29, 1.82) is 0 Å². The summed E-state index contributed by atoms with van der Waals surface area (Å²) in [4.78, 5) is 13.3. The molecule has 1 aliphatic rings. The molecule has 0 saturated heterocycles. The minimum absolute atomic E-state index is 0.0416. The van der Waals surface area contributed by atoms with E-state index in [9.17, 15) is 4.79 Å². The summed E-state index contributed by atoms with van der Waals surface area (Å²) in [6.45, 7) is 1.90. The van der Waals surface area contributed by atoms with Crippen LogP contribution in [0.4, 0.5) is 4.79 Å². The predicted molar refractivity (Wildman–Crippen MR) is 59.2 cm³/mol. The molecule has 1 N–H and O–H groups in total. The Bertz CT molecular complexity index is 397. The van der Waals surface area contributed by atoms with Gasteiger partial charge in [0.2, 0.25) is 0 Å². The number of likely N-dealkylation sites (N-methyl/N-ethyl adjacent to an activating group) is 1. The number of nitrogens with zero attached hydrogens (tertiary/aromatic N) is 1. The summed E-state index contributed by atoms with van der Waals surface area (Å²) in [5.74, 6) is 0. The van der Waals surface area contributed by atoms with Crippen LogP contribution in [0.5, 0.6) is 0 Å². The zero-order valence-corrected chi connectivity index (χ0v) is 8.90. The van der Waals surface area contributed by atoms with E-state index in [0.717, 1.165) is 11.3 Å². The molecule has 0 aromatic heterocycles. The van der Waals surface area contributed by atoms with Crippen LogP contribution in [-0.2, 0) is 0 Å². The molecule has 0 radical (unpaired) electrons. The summed E-state index contributed by atoms with van der Waals surface area (Å²) in [6, 6.07) is 10.00. The van der Waals surface area contributed by atoms with Crippen LogP contribution in [0.1, 0.15) is 18.5 Å². The second kappa shape index (κ2) is 3.77. The molecule has 1 atom stereocenters. The molecule has 1 unspecified atom stereocenters. The number of amides is 2. The fourth-order valence-corrected chi connectivity index (χ4v) is 1.74. The Labute approximate surface area is 89.4 Å². The minimum Gasteiger partial charge on any atom is -0.317 e. The van der Waals surface area contributed by atoms with E-state index in [0.29, 0.717) is 0 Å². The van der Waals surface area contributed by atoms with Crippen molar-refractivity contribution in [3.05, 3.63) is 47.7 Å². The van der Waals surface area contributed by atoms with Gasteiger partial charge in [-0.3, -0.25) is 0 Å². The molecule has 3 nitrogen and oxygen atoms in total. The molecule has 0 bridgehead atoms. The summed E-state index contributed by atoms with van der Waals surface area (Å²) in [6.07, 6.45) is 2.05. The quantitative estimate of drug-likeness (QED) is 0.744. The van der Waals surface area contributed by atoms with E-state index in [4.69, 9.17) is 0 Å². The molecule has 1 aliphatic heterocycles. The SMILES string of the molecule is CC1=CC(c2ccccc2)N(C)C(=O)N1. The van der Waals surface area contributed by atoms with Gasteiger partial charge in [0, 0.05) is 12.7 Å². The van der Waals surface area contributed by atoms with E-state index >= 15 is 0 Å². The van der Waals surface area contributed by atoms with Crippen LogP contribution in [0.25, 0.3) is 0 Å². The Balaban J connectivity index is 2.36. The van der Waals surface area contributed by atoms with E-state index < -0.39 is 0 Å². The number of allylic oxidation sites excluding steroid dienone is 1. The molecule has 0 saturated carbocycles. The molecular formula is C12H14N2O. The topological polar surface area (TPSA) is 32.3 Å². The number of carbonyl (C=O) groups excluding carboxylic acids is 1. The molecular weight excluding hydrogens is 188 g/mol. The van der Waals surface area contributed by atoms with Crippen LogP contribution in [-0.4, -0.2) is 18.0 Å². The van der Waals surface area contributed by atoms with E-state index in [1.807, 2.05) is 37.3 Å². The van der Waals surface area contributed by atoms with E-state index in [1.54, 1.807) is 11.9 Å². The highest BCUT2D eigenvalue weighted by atomic mass is 16.2. The second-order valence-electron chi connectivity index (χ2n) is 3.75. The van der Waals surface area contributed by atoms with Gasteiger partial charge in [0.1, 0.15) is 0 Å². The van der Waals surface area contributed by atoms with Gasteiger partial charge in [0.05, 0.1) is 6.04 Å². The number of benzene rings is 1. The van der Waals surface area contributed by atoms with E-state index in [2.05, 4.69) is 11.4 Å². The average molecular weight is 202 g/mol. The lowest BCUT2D eigenvalue weighted by Crippen LogP contribution is -2.42. The van der Waals surface area contributed by atoms with Gasteiger partial charge in [0.15, 0.2) is 0 Å². The molecule has 0 aliphatic carbocycles. The highest BCUT2D eigenvalue weighted by Crippen LogP contribution is 2.24. The van der Waals surface area contributed by atoms with Crippen LogP contribution in [0.3, 0.4) is 0 Å². The molecule has 78 valence electrons. The van der Waals surface area contributed by atoms with Crippen molar-refractivity contribution in [2.75, 3.05) is 7.05 Å². The molecule has 2 rings (SSSR count). The lowest BCUT2D eigenvalue weighted by atomic mass is 10.0. The smallest absolute Gasteiger partial charge is 0.317 e. The van der Waals surface area contributed by atoms with Crippen molar-refractivity contribution in [3.8, 4) is 0 Å². The zero-order valence-electron chi connectivity index (χ0n) is 8.90. The zero-order chi connectivity index (χ0) is 10.8. The number of hydrogen-bond donors (Lipinski definition) is 1. The molecule has 1 heterocycles. The van der Waals surface area contributed by atoms with Crippen molar-refractivity contribution in [1.82, 2.24) is 10.2 Å². The molecule has 1 aromatic carbocycles. The fourth-order valence-electron chi connectivity index (χ4n) is 1.74. The summed E-state index contributed by atoms with van der Waals surface area (Å²) in [5, 5.41) is 2.78. The first-order valence-electron chi connectivity index (χ1n) is 4.95. The first kappa shape index (κ1) is 9.77. The number of carbonyl (C=O) groups is 1. The third-order valence-corrected chi connectivity index (χ3v) is 2.59. The lowest BCUT2D eigenvalue weighted by molar-refractivity contribution is 0.198. The standard InChI is InChI=1S/C12H14N2O/c1-9-8-11(14(2)12(15)13-9)10-6-4-3-5-7-10/h3-8,11H,1-2H3,(H,13,15). The number of urea groups is 1. The highest BCUT2D eigenvalue weighted by Gasteiger charge is 2.23. The summed E-state index contributed by atoms with van der Waals surface area (Å²) in [7, 11) is 1.80. The van der Waals surface area contributed by atoms with Crippen molar-refractivity contribution >= 4 is 6.03 Å². The Morgan fingerprint density at radius 2 is 1.93 bits per heavy atom. The summed E-state index contributed by atoms with van der Waals surface area (Å²) in [5.41, 5.74) is 2.04. The van der Waals surface area contributed by atoms with Crippen LogP contribution >= 0.6 is 0 Å². The van der Waals surface area contributed by atoms with Crippen LogP contribution in [0, 0.1) is 0 Å². The van der Waals surface area contributed by atoms with Gasteiger partial charge in [-0.05, 0) is 18.6 Å². The number of rotatable bonds is 1. The van der Waals surface area contributed by atoms with Crippen LogP contribution < -0.4 is 5.32 Å². The first-order chi connectivity index (χ1) is 7.18. The van der Waals surface area contributed by atoms with Crippen molar-refractivity contribution in [3.63, 3.8) is 0 Å². The summed E-state index contributed by atoms with van der Waals surface area (Å²) >= 11 is 0. The summed E-state index contributed by atoms with van der Waals surface area (Å²) < 4.78 is 0. The van der Waals surface area contributed by atoms with Crippen LogP contribution in [0.2, 0.25) is 0 Å². The third-order valence-electron chi connectivity index (χ3n) is 2.59. The number of nitrogens with one attached hydrogen (secondary N) is 1. The van der Waals surface area contributed by atoms with Crippen molar-refractivity contribution < 1.29 is 4.79 Å². The van der Waals surface area contributed by atoms with Gasteiger partial charge in [-0.15, -0.1) is 0 Å². The Kier molecular flexibility index (Phi) is 2.46. The molecule has 0 fully saturated rings. The van der Waals surface area contributed by atoms with Crippen LogP contribution in [0.15, 0.2) is 42.1 Å². The predicted octanol–water partition coefficient (Wildman–Crippen LogP) is 2.29. The Morgan fingerprint density at radius 3 is 2.60 bits per heavy atom. The van der Waals surface area contributed by atoms with Gasteiger partial charge in [-0.2, -0.15) is 0 Å². The Hall–Kier alpha value is -1.77. The van der Waals surface area contributed by atoms with E-state index in [-0.39, 0.29) is 12.1 Å². The molecule has 0 spiro atoms. The van der Waals surface area contributed by atoms with Gasteiger partial charge < -0.3 is 10.2 Å². The number of hydrogen-bond acceptors (Lipinski definition) is 1. The lowest BCUT2D eigenvalue weighted by Gasteiger charge is -2.31. The van der Waals surface area contributed by atoms with Gasteiger partial charge in [0.25, 0.3) is 0 Å².